The van der Waals surface area contributed by atoms with E-state index in [1.54, 1.807) is 0 Å². The molecule has 1 aliphatic carbocycles. The van der Waals surface area contributed by atoms with Crippen LogP contribution in [0.4, 0.5) is 0 Å². The Morgan fingerprint density at radius 1 is 1.29 bits per heavy atom. The topological polar surface area (TPSA) is 49.3 Å². The minimum Gasteiger partial charge on any atom is -0.394 e. The summed E-state index contributed by atoms with van der Waals surface area (Å²) in [6, 6.07) is 8.10. The minimum atomic E-state index is -0.419. The molecule has 21 heavy (non-hydrogen) atoms. The Balaban J connectivity index is 1.88. The lowest BCUT2D eigenvalue weighted by Crippen LogP contribution is -2.52. The predicted octanol–water partition coefficient (Wildman–Crippen LogP) is 3.63. The lowest BCUT2D eigenvalue weighted by Gasteiger charge is -2.36. The van der Waals surface area contributed by atoms with Gasteiger partial charge < -0.3 is 10.4 Å². The van der Waals surface area contributed by atoms with Crippen molar-refractivity contribution in [2.75, 3.05) is 6.61 Å². The second-order valence-corrected chi connectivity index (χ2v) is 7.06. The zero-order chi connectivity index (χ0) is 14.9. The Bertz CT molecular complexity index is 656. The predicted molar refractivity (Wildman–Crippen MR) is 86.9 cm³/mol. The third-order valence-electron chi connectivity index (χ3n) is 4.54. The summed E-state index contributed by atoms with van der Waals surface area (Å²) in [7, 11) is 0. The molecule has 1 aliphatic rings. The molecule has 1 amide bonds. The summed E-state index contributed by atoms with van der Waals surface area (Å²) in [5.41, 5.74) is 0.620. The van der Waals surface area contributed by atoms with Crippen LogP contribution in [0.2, 0.25) is 0 Å². The summed E-state index contributed by atoms with van der Waals surface area (Å²) in [5.74, 6) is -0.0374. The number of carbonyl (C=O) groups is 1. The van der Waals surface area contributed by atoms with Crippen LogP contribution in [-0.2, 0) is 0 Å². The first-order valence-electron chi connectivity index (χ1n) is 7.57. The highest BCUT2D eigenvalue weighted by atomic mass is 32.1. The Kier molecular flexibility index (Phi) is 4.00. The third-order valence-corrected chi connectivity index (χ3v) is 5.81. The number of aliphatic hydroxyl groups is 1. The Morgan fingerprint density at radius 2 is 2.00 bits per heavy atom. The van der Waals surface area contributed by atoms with Gasteiger partial charge in [-0.1, -0.05) is 37.5 Å². The molecule has 0 spiro atoms. The SMILES string of the molecule is Cc1c(C(=O)NC2(CO)CCCCC2)sc2ccccc12. The normalized spacial score (nSPS) is 17.8. The van der Waals surface area contributed by atoms with E-state index in [9.17, 15) is 9.90 Å². The van der Waals surface area contributed by atoms with Crippen LogP contribution in [0.3, 0.4) is 0 Å². The summed E-state index contributed by atoms with van der Waals surface area (Å²) in [4.78, 5) is 13.4. The van der Waals surface area contributed by atoms with Gasteiger partial charge in [-0.2, -0.15) is 0 Å². The van der Waals surface area contributed by atoms with Crippen molar-refractivity contribution in [3.8, 4) is 0 Å². The Labute approximate surface area is 129 Å². The van der Waals surface area contributed by atoms with Gasteiger partial charge in [-0.3, -0.25) is 4.79 Å². The van der Waals surface area contributed by atoms with Crippen LogP contribution in [-0.4, -0.2) is 23.2 Å². The number of thiophene rings is 1. The third kappa shape index (κ3) is 2.70. The molecular formula is C17H21NO2S. The van der Waals surface area contributed by atoms with E-state index < -0.39 is 5.54 Å². The summed E-state index contributed by atoms with van der Waals surface area (Å²) >= 11 is 1.54. The van der Waals surface area contributed by atoms with Crippen LogP contribution in [0, 0.1) is 6.92 Å². The molecule has 0 saturated heterocycles. The van der Waals surface area contributed by atoms with E-state index in [1.807, 2.05) is 25.1 Å². The van der Waals surface area contributed by atoms with Gasteiger partial charge in [0.2, 0.25) is 0 Å². The average molecular weight is 303 g/mol. The molecule has 112 valence electrons. The van der Waals surface area contributed by atoms with Crippen LogP contribution in [0.25, 0.3) is 10.1 Å². The Morgan fingerprint density at radius 3 is 2.67 bits per heavy atom. The standard InChI is InChI=1S/C17H21NO2S/c1-12-13-7-3-4-8-14(13)21-15(12)16(20)18-17(11-19)9-5-2-6-10-17/h3-4,7-8,19H,2,5-6,9-11H2,1H3,(H,18,20). The van der Waals surface area contributed by atoms with Crippen molar-refractivity contribution in [2.24, 2.45) is 0 Å². The largest absolute Gasteiger partial charge is 0.394 e. The molecule has 1 heterocycles. The summed E-state index contributed by atoms with van der Waals surface area (Å²) < 4.78 is 1.14. The number of amides is 1. The molecule has 0 unspecified atom stereocenters. The van der Waals surface area contributed by atoms with E-state index in [0.29, 0.717) is 0 Å². The summed E-state index contributed by atoms with van der Waals surface area (Å²) in [6.45, 7) is 2.03. The highest BCUT2D eigenvalue weighted by Gasteiger charge is 2.33. The number of carbonyl (C=O) groups excluding carboxylic acids is 1. The molecule has 0 bridgehead atoms. The van der Waals surface area contributed by atoms with Gasteiger partial charge in [0.1, 0.15) is 0 Å². The van der Waals surface area contributed by atoms with Gasteiger partial charge >= 0.3 is 0 Å². The lowest BCUT2D eigenvalue weighted by molar-refractivity contribution is 0.0762. The van der Waals surface area contributed by atoms with Crippen LogP contribution in [0.15, 0.2) is 24.3 Å². The highest BCUT2D eigenvalue weighted by Crippen LogP contribution is 2.32. The van der Waals surface area contributed by atoms with Crippen molar-refractivity contribution < 1.29 is 9.90 Å². The number of benzene rings is 1. The molecular weight excluding hydrogens is 282 g/mol. The van der Waals surface area contributed by atoms with Crippen molar-refractivity contribution in [2.45, 2.75) is 44.6 Å². The smallest absolute Gasteiger partial charge is 0.262 e. The van der Waals surface area contributed by atoms with E-state index in [0.717, 1.165) is 46.2 Å². The zero-order valence-electron chi connectivity index (χ0n) is 12.3. The fourth-order valence-electron chi connectivity index (χ4n) is 3.24. The second-order valence-electron chi connectivity index (χ2n) is 6.01. The van der Waals surface area contributed by atoms with Crippen molar-refractivity contribution in [3.05, 3.63) is 34.7 Å². The van der Waals surface area contributed by atoms with Gasteiger partial charge in [-0.05, 0) is 36.8 Å². The van der Waals surface area contributed by atoms with Crippen molar-refractivity contribution in [1.82, 2.24) is 5.32 Å². The maximum atomic E-state index is 12.7. The number of hydrogen-bond donors (Lipinski definition) is 2. The van der Waals surface area contributed by atoms with Crippen molar-refractivity contribution in [1.29, 1.82) is 0 Å². The number of fused-ring (bicyclic) bond motifs is 1. The first kappa shape index (κ1) is 14.5. The zero-order valence-corrected chi connectivity index (χ0v) is 13.1. The van der Waals surface area contributed by atoms with E-state index in [2.05, 4.69) is 11.4 Å². The van der Waals surface area contributed by atoms with Crippen LogP contribution in [0.1, 0.15) is 47.3 Å². The van der Waals surface area contributed by atoms with Crippen LogP contribution < -0.4 is 5.32 Å². The summed E-state index contributed by atoms with van der Waals surface area (Å²) in [6.07, 6.45) is 5.09. The molecule has 0 radical (unpaired) electrons. The first-order valence-corrected chi connectivity index (χ1v) is 8.38. The van der Waals surface area contributed by atoms with Crippen LogP contribution in [0.5, 0.6) is 0 Å². The van der Waals surface area contributed by atoms with Gasteiger partial charge in [0, 0.05) is 4.70 Å². The van der Waals surface area contributed by atoms with Crippen molar-refractivity contribution in [3.63, 3.8) is 0 Å². The maximum absolute atomic E-state index is 12.7. The molecule has 1 saturated carbocycles. The average Bonchev–Trinajstić information content (AvgIpc) is 2.86. The quantitative estimate of drug-likeness (QED) is 0.909. The second kappa shape index (κ2) is 5.78. The van der Waals surface area contributed by atoms with Gasteiger partial charge in [0.05, 0.1) is 17.0 Å². The number of nitrogens with one attached hydrogen (secondary N) is 1. The molecule has 3 rings (SSSR count). The van der Waals surface area contributed by atoms with Crippen LogP contribution >= 0.6 is 11.3 Å². The van der Waals surface area contributed by atoms with Gasteiger partial charge in [0.25, 0.3) is 5.91 Å². The summed E-state index contributed by atoms with van der Waals surface area (Å²) in [5, 5.41) is 14.0. The van der Waals surface area contributed by atoms with E-state index in [1.165, 1.54) is 17.8 Å². The molecule has 4 heteroatoms. The fourth-order valence-corrected chi connectivity index (χ4v) is 4.34. The molecule has 1 fully saturated rings. The molecule has 0 atom stereocenters. The van der Waals surface area contributed by atoms with E-state index in [-0.39, 0.29) is 12.5 Å². The van der Waals surface area contributed by atoms with Gasteiger partial charge in [-0.25, -0.2) is 0 Å². The highest BCUT2D eigenvalue weighted by molar-refractivity contribution is 7.21. The number of rotatable bonds is 3. The molecule has 2 aromatic rings. The molecule has 0 aliphatic heterocycles. The maximum Gasteiger partial charge on any atom is 0.262 e. The monoisotopic (exact) mass is 303 g/mol. The van der Waals surface area contributed by atoms with Gasteiger partial charge in [0.15, 0.2) is 0 Å². The number of hydrogen-bond acceptors (Lipinski definition) is 3. The lowest BCUT2D eigenvalue weighted by atomic mass is 9.82. The van der Waals surface area contributed by atoms with Crippen molar-refractivity contribution >= 4 is 27.3 Å². The molecule has 2 N–H and O–H groups in total. The number of aliphatic hydroxyl groups excluding tert-OH is 1. The molecule has 1 aromatic carbocycles. The van der Waals surface area contributed by atoms with E-state index >= 15 is 0 Å². The van der Waals surface area contributed by atoms with Gasteiger partial charge in [-0.15, -0.1) is 11.3 Å². The first-order chi connectivity index (χ1) is 10.2. The van der Waals surface area contributed by atoms with E-state index in [4.69, 9.17) is 0 Å². The minimum absolute atomic E-state index is 0.0304. The molecule has 1 aromatic heterocycles. The Hall–Kier alpha value is -1.39. The number of aryl methyl sites for hydroxylation is 1. The fraction of sp³-hybridized carbons (Fsp3) is 0.471. The molecule has 3 nitrogen and oxygen atoms in total.